The molecular weight excluding hydrogens is 259 g/mol. The molecule has 1 aromatic carbocycles. The largest absolute Gasteiger partial charge is 0.384 e. The van der Waals surface area contributed by atoms with Gasteiger partial charge < -0.3 is 15.0 Å². The number of halogens is 1. The molecule has 0 aromatic heterocycles. The number of ether oxygens (including phenoxy) is 1. The van der Waals surface area contributed by atoms with E-state index in [9.17, 15) is 9.18 Å². The van der Waals surface area contributed by atoms with E-state index >= 15 is 0 Å². The standard InChI is InChI=1S/C15H21FN2O2/c1-20-11-8-15(19)18-9-6-12(7-10-18)17-14-5-3-2-4-13(14)16/h2-5,12,17H,6-11H2,1H3. The van der Waals surface area contributed by atoms with Crippen LogP contribution in [-0.4, -0.2) is 43.7 Å². The molecule has 1 aliphatic heterocycles. The van der Waals surface area contributed by atoms with Gasteiger partial charge in [-0.1, -0.05) is 12.1 Å². The number of amides is 1. The molecule has 20 heavy (non-hydrogen) atoms. The maximum atomic E-state index is 13.5. The molecule has 5 heteroatoms. The van der Waals surface area contributed by atoms with Gasteiger partial charge in [-0.15, -0.1) is 0 Å². The average Bonchev–Trinajstić information content (AvgIpc) is 2.48. The van der Waals surface area contributed by atoms with Crippen LogP contribution in [0.2, 0.25) is 0 Å². The summed E-state index contributed by atoms with van der Waals surface area (Å²) in [5, 5.41) is 3.21. The van der Waals surface area contributed by atoms with Crippen molar-refractivity contribution in [2.24, 2.45) is 0 Å². The summed E-state index contributed by atoms with van der Waals surface area (Å²) in [6.07, 6.45) is 2.11. The molecule has 1 saturated heterocycles. The average molecular weight is 280 g/mol. The van der Waals surface area contributed by atoms with Crippen LogP contribution in [0.25, 0.3) is 0 Å². The molecule has 1 amide bonds. The number of nitrogens with one attached hydrogen (secondary N) is 1. The molecular formula is C15H21FN2O2. The number of nitrogens with zero attached hydrogens (tertiary/aromatic N) is 1. The summed E-state index contributed by atoms with van der Waals surface area (Å²) in [7, 11) is 1.60. The minimum absolute atomic E-state index is 0.135. The first kappa shape index (κ1) is 14.8. The fourth-order valence-electron chi connectivity index (χ4n) is 2.42. The molecule has 0 bridgehead atoms. The van der Waals surface area contributed by atoms with Crippen LogP contribution in [0.1, 0.15) is 19.3 Å². The molecule has 1 heterocycles. The zero-order valence-corrected chi connectivity index (χ0v) is 11.8. The highest BCUT2D eigenvalue weighted by atomic mass is 19.1. The minimum atomic E-state index is -0.230. The van der Waals surface area contributed by atoms with Crippen LogP contribution in [0.15, 0.2) is 24.3 Å². The van der Waals surface area contributed by atoms with E-state index in [1.54, 1.807) is 19.2 Å². The van der Waals surface area contributed by atoms with Gasteiger partial charge in [0.05, 0.1) is 18.7 Å². The van der Waals surface area contributed by atoms with Crippen LogP contribution < -0.4 is 5.32 Å². The lowest BCUT2D eigenvalue weighted by Crippen LogP contribution is -2.42. The number of likely N-dealkylation sites (tertiary alicyclic amines) is 1. The number of anilines is 1. The number of para-hydroxylation sites is 1. The Morgan fingerprint density at radius 3 is 2.75 bits per heavy atom. The van der Waals surface area contributed by atoms with Gasteiger partial charge in [-0.3, -0.25) is 4.79 Å². The highest BCUT2D eigenvalue weighted by molar-refractivity contribution is 5.76. The summed E-state index contributed by atoms with van der Waals surface area (Å²) in [4.78, 5) is 13.7. The van der Waals surface area contributed by atoms with Crippen molar-refractivity contribution in [2.75, 3.05) is 32.1 Å². The molecule has 0 atom stereocenters. The Morgan fingerprint density at radius 1 is 1.40 bits per heavy atom. The molecule has 4 nitrogen and oxygen atoms in total. The number of carbonyl (C=O) groups excluding carboxylic acids is 1. The summed E-state index contributed by atoms with van der Waals surface area (Å²) in [6.45, 7) is 1.90. The highest BCUT2D eigenvalue weighted by Crippen LogP contribution is 2.19. The Bertz CT molecular complexity index is 445. The smallest absolute Gasteiger partial charge is 0.224 e. The van der Waals surface area contributed by atoms with Crippen molar-refractivity contribution in [3.63, 3.8) is 0 Å². The number of benzene rings is 1. The quantitative estimate of drug-likeness (QED) is 0.899. The van der Waals surface area contributed by atoms with Crippen molar-refractivity contribution in [3.8, 4) is 0 Å². The van der Waals surface area contributed by atoms with E-state index in [1.165, 1.54) is 6.07 Å². The van der Waals surface area contributed by atoms with Crippen molar-refractivity contribution < 1.29 is 13.9 Å². The van der Waals surface area contributed by atoms with E-state index in [2.05, 4.69) is 5.32 Å². The van der Waals surface area contributed by atoms with Crippen LogP contribution in [0.5, 0.6) is 0 Å². The second-order valence-corrected chi connectivity index (χ2v) is 5.02. The van der Waals surface area contributed by atoms with E-state index in [4.69, 9.17) is 4.74 Å². The van der Waals surface area contributed by atoms with Crippen LogP contribution in [0, 0.1) is 5.82 Å². The predicted molar refractivity (Wildman–Crippen MR) is 76.1 cm³/mol. The van der Waals surface area contributed by atoms with Gasteiger partial charge in [-0.25, -0.2) is 4.39 Å². The Hall–Kier alpha value is -1.62. The third kappa shape index (κ3) is 3.93. The third-order valence-corrected chi connectivity index (χ3v) is 3.60. The van der Waals surface area contributed by atoms with E-state index in [-0.39, 0.29) is 17.8 Å². The van der Waals surface area contributed by atoms with Gasteiger partial charge >= 0.3 is 0 Å². The number of carbonyl (C=O) groups is 1. The van der Waals surface area contributed by atoms with Gasteiger partial charge in [0.1, 0.15) is 5.82 Å². The van der Waals surface area contributed by atoms with Gasteiger partial charge in [0.15, 0.2) is 0 Å². The zero-order valence-electron chi connectivity index (χ0n) is 11.8. The monoisotopic (exact) mass is 280 g/mol. The van der Waals surface area contributed by atoms with E-state index in [0.717, 1.165) is 12.8 Å². The van der Waals surface area contributed by atoms with Crippen LogP contribution >= 0.6 is 0 Å². The van der Waals surface area contributed by atoms with Gasteiger partial charge in [-0.2, -0.15) is 0 Å². The molecule has 1 aromatic rings. The normalized spacial score (nSPS) is 16.2. The molecule has 0 radical (unpaired) electrons. The maximum absolute atomic E-state index is 13.5. The summed E-state index contributed by atoms with van der Waals surface area (Å²) < 4.78 is 18.5. The lowest BCUT2D eigenvalue weighted by Gasteiger charge is -2.33. The molecule has 1 N–H and O–H groups in total. The van der Waals surface area contributed by atoms with Crippen molar-refractivity contribution >= 4 is 11.6 Å². The van der Waals surface area contributed by atoms with Crippen LogP contribution in [-0.2, 0) is 9.53 Å². The SMILES string of the molecule is COCCC(=O)N1CCC(Nc2ccccc2F)CC1. The van der Waals surface area contributed by atoms with Crippen molar-refractivity contribution in [2.45, 2.75) is 25.3 Å². The Kier molecular flexibility index (Phi) is 5.35. The Morgan fingerprint density at radius 2 is 2.10 bits per heavy atom. The molecule has 0 spiro atoms. The van der Waals surface area contributed by atoms with Gasteiger partial charge in [-0.05, 0) is 25.0 Å². The number of piperidine rings is 1. The first-order chi connectivity index (χ1) is 9.70. The first-order valence-electron chi connectivity index (χ1n) is 6.98. The predicted octanol–water partition coefficient (Wildman–Crippen LogP) is 2.27. The number of hydrogen-bond donors (Lipinski definition) is 1. The number of rotatable bonds is 5. The first-order valence-corrected chi connectivity index (χ1v) is 6.98. The van der Waals surface area contributed by atoms with E-state index in [0.29, 0.717) is 31.8 Å². The summed E-state index contributed by atoms with van der Waals surface area (Å²) >= 11 is 0. The molecule has 0 aliphatic carbocycles. The summed E-state index contributed by atoms with van der Waals surface area (Å²) in [5.74, 6) is -0.0951. The van der Waals surface area contributed by atoms with Gasteiger partial charge in [0.25, 0.3) is 0 Å². The highest BCUT2D eigenvalue weighted by Gasteiger charge is 2.22. The van der Waals surface area contributed by atoms with Gasteiger partial charge in [0, 0.05) is 26.2 Å². The van der Waals surface area contributed by atoms with Crippen LogP contribution in [0.4, 0.5) is 10.1 Å². The van der Waals surface area contributed by atoms with Crippen molar-refractivity contribution in [3.05, 3.63) is 30.1 Å². The maximum Gasteiger partial charge on any atom is 0.224 e. The van der Waals surface area contributed by atoms with Crippen LogP contribution in [0.3, 0.4) is 0 Å². The molecule has 0 unspecified atom stereocenters. The van der Waals surface area contributed by atoms with Crippen molar-refractivity contribution in [1.82, 2.24) is 4.90 Å². The second kappa shape index (κ2) is 7.24. The lowest BCUT2D eigenvalue weighted by molar-refractivity contribution is -0.133. The molecule has 2 rings (SSSR count). The summed E-state index contributed by atoms with van der Waals surface area (Å²) in [5.41, 5.74) is 0.539. The van der Waals surface area contributed by atoms with E-state index in [1.807, 2.05) is 11.0 Å². The Labute approximate surface area is 118 Å². The second-order valence-electron chi connectivity index (χ2n) is 5.02. The number of methoxy groups -OCH3 is 1. The van der Waals surface area contributed by atoms with Crippen molar-refractivity contribution in [1.29, 1.82) is 0 Å². The fraction of sp³-hybridized carbons (Fsp3) is 0.533. The minimum Gasteiger partial charge on any atom is -0.384 e. The van der Waals surface area contributed by atoms with E-state index < -0.39 is 0 Å². The van der Waals surface area contributed by atoms with Gasteiger partial charge in [0.2, 0.25) is 5.91 Å². The molecule has 110 valence electrons. The third-order valence-electron chi connectivity index (χ3n) is 3.60. The molecule has 0 saturated carbocycles. The zero-order chi connectivity index (χ0) is 14.4. The summed E-state index contributed by atoms with van der Waals surface area (Å²) in [6, 6.07) is 6.90. The molecule has 1 fully saturated rings. The number of hydrogen-bond acceptors (Lipinski definition) is 3. The topological polar surface area (TPSA) is 41.6 Å². The fourth-order valence-corrected chi connectivity index (χ4v) is 2.42. The molecule has 1 aliphatic rings. The lowest BCUT2D eigenvalue weighted by atomic mass is 10.0. The Balaban J connectivity index is 1.80.